The Kier molecular flexibility index (Phi) is 5.84. The fourth-order valence-corrected chi connectivity index (χ4v) is 4.78. The van der Waals surface area contributed by atoms with Gasteiger partial charge in [-0.25, -0.2) is 9.79 Å². The van der Waals surface area contributed by atoms with Gasteiger partial charge in [0.25, 0.3) is 5.56 Å². The minimum Gasteiger partial charge on any atom is -0.508 e. The molecule has 0 aliphatic carbocycles. The number of rotatable bonds is 5. The number of fused-ring (bicyclic) bond motifs is 1. The molecule has 1 aliphatic rings. The average molecular weight is 453 g/mol. The van der Waals surface area contributed by atoms with Crippen molar-refractivity contribution in [3.63, 3.8) is 0 Å². The number of aromatic nitrogens is 3. The first-order valence-electron chi connectivity index (χ1n) is 10.4. The molecule has 3 heterocycles. The summed E-state index contributed by atoms with van der Waals surface area (Å²) >= 11 is 1.27. The molecule has 1 aromatic carbocycles. The van der Waals surface area contributed by atoms with Crippen molar-refractivity contribution in [1.82, 2.24) is 14.3 Å². The van der Waals surface area contributed by atoms with Gasteiger partial charge in [-0.2, -0.15) is 5.10 Å². The van der Waals surface area contributed by atoms with E-state index >= 15 is 0 Å². The van der Waals surface area contributed by atoms with Gasteiger partial charge in [0.05, 0.1) is 34.1 Å². The Balaban J connectivity index is 1.95. The summed E-state index contributed by atoms with van der Waals surface area (Å²) in [6, 6.07) is 5.76. The number of hydrogen-bond donors (Lipinski definition) is 1. The fourth-order valence-electron chi connectivity index (χ4n) is 3.74. The van der Waals surface area contributed by atoms with Gasteiger partial charge in [0.2, 0.25) is 0 Å². The number of phenolic OH excluding ortho intramolecular Hbond substituents is 1. The minimum atomic E-state index is -0.701. The second-order valence-electron chi connectivity index (χ2n) is 7.42. The van der Waals surface area contributed by atoms with Gasteiger partial charge in [-0.1, -0.05) is 23.5 Å². The number of esters is 1. The van der Waals surface area contributed by atoms with E-state index in [-0.39, 0.29) is 17.9 Å². The topological polar surface area (TPSA) is 98.7 Å². The molecule has 0 amide bonds. The third-order valence-corrected chi connectivity index (χ3v) is 6.30. The maximum atomic E-state index is 13.5. The monoisotopic (exact) mass is 452 g/mol. The summed E-state index contributed by atoms with van der Waals surface area (Å²) in [6.45, 7) is 8.32. The van der Waals surface area contributed by atoms with Gasteiger partial charge >= 0.3 is 5.97 Å². The maximum Gasteiger partial charge on any atom is 0.338 e. The van der Waals surface area contributed by atoms with Crippen LogP contribution in [0.15, 0.2) is 51.5 Å². The summed E-state index contributed by atoms with van der Waals surface area (Å²) in [6.07, 6.45) is 3.72. The third-order valence-electron chi connectivity index (χ3n) is 5.32. The summed E-state index contributed by atoms with van der Waals surface area (Å²) in [5, 5.41) is 14.2. The van der Waals surface area contributed by atoms with Crippen molar-refractivity contribution in [2.75, 3.05) is 6.61 Å². The highest BCUT2D eigenvalue weighted by Crippen LogP contribution is 2.31. The Labute approximate surface area is 188 Å². The zero-order valence-electron chi connectivity index (χ0n) is 18.3. The van der Waals surface area contributed by atoms with Crippen molar-refractivity contribution in [3.8, 4) is 5.75 Å². The lowest BCUT2D eigenvalue weighted by atomic mass is 9.96. The van der Waals surface area contributed by atoms with E-state index in [0.29, 0.717) is 26.2 Å². The highest BCUT2D eigenvalue weighted by Gasteiger charge is 2.33. The first kappa shape index (κ1) is 21.8. The van der Waals surface area contributed by atoms with Crippen LogP contribution in [-0.2, 0) is 16.1 Å². The number of aromatic hydroxyl groups is 1. The van der Waals surface area contributed by atoms with Gasteiger partial charge in [-0.15, -0.1) is 0 Å². The molecular formula is C23H24N4O4S. The Morgan fingerprint density at radius 3 is 2.59 bits per heavy atom. The second-order valence-corrected chi connectivity index (χ2v) is 8.43. The van der Waals surface area contributed by atoms with E-state index in [1.807, 2.05) is 30.8 Å². The molecule has 3 aromatic rings. The second kappa shape index (κ2) is 8.58. The van der Waals surface area contributed by atoms with Crippen molar-refractivity contribution in [2.45, 2.75) is 40.3 Å². The first-order valence-corrected chi connectivity index (χ1v) is 11.2. The number of carbonyl (C=O) groups excluding carboxylic acids is 1. The van der Waals surface area contributed by atoms with Crippen LogP contribution < -0.4 is 14.9 Å². The Morgan fingerprint density at radius 1 is 1.25 bits per heavy atom. The molecule has 32 heavy (non-hydrogen) atoms. The van der Waals surface area contributed by atoms with Crippen LogP contribution in [0.4, 0.5) is 0 Å². The molecule has 0 saturated heterocycles. The molecule has 0 radical (unpaired) electrons. The standard InChI is InChI=1S/C23H24N4O4S/c1-5-26-12-16(13(3)25-26)11-18-21(29)27-20(15-7-9-17(28)10-8-15)19(22(30)31-6-2)14(4)24-23(27)32-18/h7-12,20,28H,5-6H2,1-4H3/t20-/m0/s1. The van der Waals surface area contributed by atoms with Crippen LogP contribution in [0.5, 0.6) is 5.75 Å². The largest absolute Gasteiger partial charge is 0.508 e. The number of hydrogen-bond acceptors (Lipinski definition) is 7. The van der Waals surface area contributed by atoms with E-state index < -0.39 is 12.0 Å². The summed E-state index contributed by atoms with van der Waals surface area (Å²) in [5.41, 5.74) is 2.94. The molecule has 2 aromatic heterocycles. The van der Waals surface area contributed by atoms with Crippen molar-refractivity contribution in [2.24, 2.45) is 4.99 Å². The van der Waals surface area contributed by atoms with E-state index in [0.717, 1.165) is 17.8 Å². The molecule has 0 spiro atoms. The van der Waals surface area contributed by atoms with Gasteiger partial charge in [0.15, 0.2) is 4.80 Å². The Hall–Kier alpha value is -3.46. The van der Waals surface area contributed by atoms with Crippen LogP contribution in [0.2, 0.25) is 0 Å². The highest BCUT2D eigenvalue weighted by molar-refractivity contribution is 7.07. The molecule has 0 unspecified atom stereocenters. The van der Waals surface area contributed by atoms with E-state index in [1.54, 1.807) is 26.0 Å². The summed E-state index contributed by atoms with van der Waals surface area (Å²) in [4.78, 5) is 31.4. The van der Waals surface area contributed by atoms with E-state index in [9.17, 15) is 14.7 Å². The van der Waals surface area contributed by atoms with Crippen LogP contribution >= 0.6 is 11.3 Å². The zero-order chi connectivity index (χ0) is 23.0. The maximum absolute atomic E-state index is 13.5. The van der Waals surface area contributed by atoms with E-state index in [2.05, 4.69) is 10.1 Å². The number of thiazole rings is 1. The van der Waals surface area contributed by atoms with Crippen LogP contribution in [0.3, 0.4) is 0 Å². The molecule has 1 aliphatic heterocycles. The Morgan fingerprint density at radius 2 is 1.97 bits per heavy atom. The smallest absolute Gasteiger partial charge is 0.338 e. The predicted octanol–water partition coefficient (Wildman–Crippen LogP) is 2.03. The molecule has 8 nitrogen and oxygen atoms in total. The highest BCUT2D eigenvalue weighted by atomic mass is 32.1. The Bertz CT molecular complexity index is 1390. The van der Waals surface area contributed by atoms with E-state index in [1.165, 1.54) is 28.0 Å². The number of phenols is 1. The van der Waals surface area contributed by atoms with Crippen LogP contribution in [-0.4, -0.2) is 32.0 Å². The van der Waals surface area contributed by atoms with Gasteiger partial charge in [-0.3, -0.25) is 14.0 Å². The number of aryl methyl sites for hydroxylation is 2. The zero-order valence-corrected chi connectivity index (χ0v) is 19.1. The molecular weight excluding hydrogens is 428 g/mol. The summed E-state index contributed by atoms with van der Waals surface area (Å²) in [5.74, 6) is -0.413. The summed E-state index contributed by atoms with van der Waals surface area (Å²) in [7, 11) is 0. The van der Waals surface area contributed by atoms with E-state index in [4.69, 9.17) is 4.74 Å². The lowest BCUT2D eigenvalue weighted by Crippen LogP contribution is -2.39. The van der Waals surface area contributed by atoms with Crippen molar-refractivity contribution < 1.29 is 14.6 Å². The lowest BCUT2D eigenvalue weighted by Gasteiger charge is -2.24. The van der Waals surface area contributed by atoms with Gasteiger partial charge in [0, 0.05) is 18.3 Å². The summed E-state index contributed by atoms with van der Waals surface area (Å²) < 4.78 is 9.13. The van der Waals surface area contributed by atoms with Gasteiger partial charge in [0.1, 0.15) is 5.75 Å². The molecule has 0 bridgehead atoms. The minimum absolute atomic E-state index is 0.1000. The molecule has 9 heteroatoms. The average Bonchev–Trinajstić information content (AvgIpc) is 3.27. The number of carbonyl (C=O) groups is 1. The number of benzene rings is 1. The van der Waals surface area contributed by atoms with Crippen molar-refractivity contribution in [3.05, 3.63) is 78.2 Å². The number of allylic oxidation sites excluding steroid dienone is 1. The first-order chi connectivity index (χ1) is 15.3. The normalized spacial score (nSPS) is 16.1. The molecule has 0 fully saturated rings. The molecule has 166 valence electrons. The molecule has 1 atom stereocenters. The van der Waals surface area contributed by atoms with Crippen LogP contribution in [0, 0.1) is 6.92 Å². The number of ether oxygens (including phenoxy) is 1. The SMILES string of the molecule is CCOC(=O)C1=C(C)N=c2sc(=Cc3cn(CC)nc3C)c(=O)n2[C@H]1c1ccc(O)cc1. The fraction of sp³-hybridized carbons (Fsp3) is 0.304. The molecule has 1 N–H and O–H groups in total. The quantitative estimate of drug-likeness (QED) is 0.598. The van der Waals surface area contributed by atoms with Gasteiger partial charge < -0.3 is 9.84 Å². The van der Waals surface area contributed by atoms with Crippen molar-refractivity contribution in [1.29, 1.82) is 0 Å². The van der Waals surface area contributed by atoms with Gasteiger partial charge in [-0.05, 0) is 51.5 Å². The number of nitrogens with zero attached hydrogens (tertiary/aromatic N) is 4. The predicted molar refractivity (Wildman–Crippen MR) is 121 cm³/mol. The van der Waals surface area contributed by atoms with Crippen LogP contribution in [0.25, 0.3) is 6.08 Å². The molecule has 4 rings (SSSR count). The third kappa shape index (κ3) is 3.80. The van der Waals surface area contributed by atoms with Crippen molar-refractivity contribution >= 4 is 23.4 Å². The van der Waals surface area contributed by atoms with Crippen LogP contribution in [0.1, 0.15) is 43.6 Å². The lowest BCUT2D eigenvalue weighted by molar-refractivity contribution is -0.139. The molecule has 0 saturated carbocycles.